The third-order valence-electron chi connectivity index (χ3n) is 2.91. The molecule has 1 nitrogen and oxygen atoms in total. The summed E-state index contributed by atoms with van der Waals surface area (Å²) >= 11 is 0. The van der Waals surface area contributed by atoms with Gasteiger partial charge in [-0.3, -0.25) is 0 Å². The van der Waals surface area contributed by atoms with E-state index in [1.165, 1.54) is 0 Å². The molecule has 0 N–H and O–H groups in total. The van der Waals surface area contributed by atoms with Gasteiger partial charge in [-0.2, -0.15) is 0 Å². The summed E-state index contributed by atoms with van der Waals surface area (Å²) in [5.41, 5.74) is 1.60. The van der Waals surface area contributed by atoms with Gasteiger partial charge < -0.3 is 4.90 Å². The Balaban J connectivity index is 2.75. The number of nitrogens with zero attached hydrogens (tertiary/aromatic N) is 1. The van der Waals surface area contributed by atoms with Gasteiger partial charge in [-0.1, -0.05) is 20.8 Å². The molecule has 0 amide bonds. The fraction of sp³-hybridized carbons (Fsp3) is 0.800. The van der Waals surface area contributed by atoms with Gasteiger partial charge in [0, 0.05) is 13.1 Å². The highest BCUT2D eigenvalue weighted by atomic mass is 15.1. The van der Waals surface area contributed by atoms with E-state index >= 15 is 0 Å². The minimum absolute atomic E-state index is 0.687. The van der Waals surface area contributed by atoms with Gasteiger partial charge in [0.15, 0.2) is 0 Å². The SMILES string of the molecule is CC(C)C1=CN(C)C(C)C1C. The molecule has 0 aromatic heterocycles. The molecule has 64 valence electrons. The average Bonchev–Trinajstić information content (AvgIpc) is 2.17. The molecule has 0 aromatic carbocycles. The average molecular weight is 153 g/mol. The highest BCUT2D eigenvalue weighted by Crippen LogP contribution is 2.31. The maximum absolute atomic E-state index is 2.32. The Bertz CT molecular complexity index is 170. The van der Waals surface area contributed by atoms with E-state index in [0.29, 0.717) is 12.0 Å². The highest BCUT2D eigenvalue weighted by molar-refractivity contribution is 5.16. The van der Waals surface area contributed by atoms with E-state index in [4.69, 9.17) is 0 Å². The van der Waals surface area contributed by atoms with Crippen LogP contribution in [0.1, 0.15) is 27.7 Å². The van der Waals surface area contributed by atoms with Crippen molar-refractivity contribution in [2.24, 2.45) is 11.8 Å². The van der Waals surface area contributed by atoms with Crippen LogP contribution < -0.4 is 0 Å². The molecule has 0 aliphatic carbocycles. The van der Waals surface area contributed by atoms with E-state index in [9.17, 15) is 0 Å². The lowest BCUT2D eigenvalue weighted by Gasteiger charge is -2.20. The van der Waals surface area contributed by atoms with Gasteiger partial charge in [-0.15, -0.1) is 0 Å². The highest BCUT2D eigenvalue weighted by Gasteiger charge is 2.27. The standard InChI is InChI=1S/C10H19N/c1-7(2)10-6-11(5)9(4)8(10)3/h6-9H,1-5H3. The van der Waals surface area contributed by atoms with Gasteiger partial charge in [-0.25, -0.2) is 0 Å². The first kappa shape index (κ1) is 8.63. The summed E-state index contributed by atoms with van der Waals surface area (Å²) in [4.78, 5) is 2.32. The van der Waals surface area contributed by atoms with Gasteiger partial charge in [0.25, 0.3) is 0 Å². The van der Waals surface area contributed by atoms with Crippen molar-refractivity contribution in [1.82, 2.24) is 4.90 Å². The summed E-state index contributed by atoms with van der Waals surface area (Å²) < 4.78 is 0. The van der Waals surface area contributed by atoms with Crippen molar-refractivity contribution in [2.75, 3.05) is 7.05 Å². The normalized spacial score (nSPS) is 31.5. The third-order valence-corrected chi connectivity index (χ3v) is 2.91. The van der Waals surface area contributed by atoms with Crippen LogP contribution in [0, 0.1) is 11.8 Å². The third kappa shape index (κ3) is 1.42. The number of rotatable bonds is 1. The van der Waals surface area contributed by atoms with Crippen LogP contribution in [-0.4, -0.2) is 18.0 Å². The molecule has 2 atom stereocenters. The van der Waals surface area contributed by atoms with Crippen LogP contribution >= 0.6 is 0 Å². The van der Waals surface area contributed by atoms with E-state index in [2.05, 4.69) is 45.8 Å². The van der Waals surface area contributed by atoms with Gasteiger partial charge in [0.1, 0.15) is 0 Å². The zero-order valence-electron chi connectivity index (χ0n) is 8.26. The van der Waals surface area contributed by atoms with Crippen LogP contribution in [0.2, 0.25) is 0 Å². The molecule has 0 radical (unpaired) electrons. The van der Waals surface area contributed by atoms with Crippen LogP contribution in [0.25, 0.3) is 0 Å². The molecular weight excluding hydrogens is 134 g/mol. The van der Waals surface area contributed by atoms with Crippen molar-refractivity contribution in [2.45, 2.75) is 33.7 Å². The molecule has 1 heteroatoms. The Morgan fingerprint density at radius 1 is 1.36 bits per heavy atom. The predicted octanol–water partition coefficient (Wildman–Crippen LogP) is 2.50. The Morgan fingerprint density at radius 3 is 2.09 bits per heavy atom. The molecule has 1 heterocycles. The zero-order valence-corrected chi connectivity index (χ0v) is 8.26. The second-order valence-electron chi connectivity index (χ2n) is 3.98. The topological polar surface area (TPSA) is 3.24 Å². The summed E-state index contributed by atoms with van der Waals surface area (Å²) in [6, 6.07) is 0.687. The summed E-state index contributed by atoms with van der Waals surface area (Å²) in [7, 11) is 2.16. The molecule has 0 aromatic rings. The molecule has 0 spiro atoms. The van der Waals surface area contributed by atoms with Gasteiger partial charge in [-0.05, 0) is 30.5 Å². The van der Waals surface area contributed by atoms with E-state index in [1.54, 1.807) is 5.57 Å². The lowest BCUT2D eigenvalue weighted by molar-refractivity contribution is 0.327. The lowest BCUT2D eigenvalue weighted by Crippen LogP contribution is -2.24. The quantitative estimate of drug-likeness (QED) is 0.559. The molecular formula is C10H19N. The minimum atomic E-state index is 0.687. The van der Waals surface area contributed by atoms with Crippen molar-refractivity contribution >= 4 is 0 Å². The summed E-state index contributed by atoms with van der Waals surface area (Å²) in [6.07, 6.45) is 2.31. The van der Waals surface area contributed by atoms with Crippen molar-refractivity contribution in [3.8, 4) is 0 Å². The smallest absolute Gasteiger partial charge is 0.0316 e. The molecule has 0 saturated heterocycles. The number of hydrogen-bond acceptors (Lipinski definition) is 1. The molecule has 2 unspecified atom stereocenters. The maximum atomic E-state index is 2.32. The van der Waals surface area contributed by atoms with E-state index in [1.807, 2.05) is 0 Å². The molecule has 0 bridgehead atoms. The van der Waals surface area contributed by atoms with Crippen LogP contribution in [0.4, 0.5) is 0 Å². The first-order valence-electron chi connectivity index (χ1n) is 4.47. The Hall–Kier alpha value is -0.460. The molecule has 0 fully saturated rings. The van der Waals surface area contributed by atoms with Crippen LogP contribution in [0.15, 0.2) is 11.8 Å². The van der Waals surface area contributed by atoms with Crippen molar-refractivity contribution in [1.29, 1.82) is 0 Å². The van der Waals surface area contributed by atoms with Gasteiger partial charge >= 0.3 is 0 Å². The molecule has 1 aliphatic rings. The summed E-state index contributed by atoms with van der Waals surface area (Å²) in [5.74, 6) is 1.44. The van der Waals surface area contributed by atoms with Crippen LogP contribution in [-0.2, 0) is 0 Å². The van der Waals surface area contributed by atoms with Crippen molar-refractivity contribution in [3.63, 3.8) is 0 Å². The Kier molecular flexibility index (Phi) is 2.26. The summed E-state index contributed by atoms with van der Waals surface area (Å²) in [6.45, 7) is 9.15. The zero-order chi connectivity index (χ0) is 8.59. The maximum Gasteiger partial charge on any atom is 0.0316 e. The van der Waals surface area contributed by atoms with E-state index in [0.717, 1.165) is 5.92 Å². The van der Waals surface area contributed by atoms with E-state index in [-0.39, 0.29) is 0 Å². The molecule has 1 rings (SSSR count). The minimum Gasteiger partial charge on any atom is -0.377 e. The fourth-order valence-corrected chi connectivity index (χ4v) is 1.78. The second kappa shape index (κ2) is 2.88. The van der Waals surface area contributed by atoms with Gasteiger partial charge in [0.2, 0.25) is 0 Å². The molecule has 11 heavy (non-hydrogen) atoms. The van der Waals surface area contributed by atoms with Crippen molar-refractivity contribution in [3.05, 3.63) is 11.8 Å². The van der Waals surface area contributed by atoms with Crippen LogP contribution in [0.3, 0.4) is 0 Å². The van der Waals surface area contributed by atoms with Crippen molar-refractivity contribution < 1.29 is 0 Å². The Morgan fingerprint density at radius 2 is 1.91 bits per heavy atom. The number of hydrogen-bond donors (Lipinski definition) is 0. The molecule has 1 aliphatic heterocycles. The lowest BCUT2D eigenvalue weighted by atomic mass is 9.90. The Labute approximate surface area is 70.1 Å². The van der Waals surface area contributed by atoms with Crippen LogP contribution in [0.5, 0.6) is 0 Å². The fourth-order valence-electron chi connectivity index (χ4n) is 1.78. The summed E-state index contributed by atoms with van der Waals surface area (Å²) in [5, 5.41) is 0. The second-order valence-corrected chi connectivity index (χ2v) is 3.98. The molecule has 0 saturated carbocycles. The first-order valence-corrected chi connectivity index (χ1v) is 4.47. The first-order chi connectivity index (χ1) is 5.04. The van der Waals surface area contributed by atoms with Gasteiger partial charge in [0.05, 0.1) is 0 Å². The predicted molar refractivity (Wildman–Crippen MR) is 49.3 cm³/mol. The largest absolute Gasteiger partial charge is 0.377 e. The van der Waals surface area contributed by atoms with E-state index < -0.39 is 0 Å². The monoisotopic (exact) mass is 153 g/mol.